The number of sulfonamides is 1. The maximum Gasteiger partial charge on any atom is 0.427 e. The first kappa shape index (κ1) is 58.3. The number of urea groups is 1. The number of anilines is 2. The number of hydrogen-bond donors (Lipinski definition) is 6. The summed E-state index contributed by atoms with van der Waals surface area (Å²) in [7, 11) is -8.42. The summed E-state index contributed by atoms with van der Waals surface area (Å²) in [4.78, 5) is 81.6. The number of benzene rings is 2. The molecule has 376 valence electrons. The van der Waals surface area contributed by atoms with Crippen LogP contribution >= 0.6 is 19.2 Å². The molecule has 6 N–H and O–H groups in total. The van der Waals surface area contributed by atoms with Crippen LogP contribution in [0.4, 0.5) is 43.2 Å². The zero-order chi connectivity index (χ0) is 51.7. The van der Waals surface area contributed by atoms with Crippen molar-refractivity contribution in [2.24, 2.45) is 0 Å². The molecule has 2 heterocycles. The normalized spacial score (nSPS) is 14.4. The van der Waals surface area contributed by atoms with Gasteiger partial charge in [-0.3, -0.25) is 20.2 Å². The predicted octanol–water partition coefficient (Wildman–Crippen LogP) is 5.12. The van der Waals surface area contributed by atoms with Gasteiger partial charge in [-0.1, -0.05) is 23.7 Å². The molecule has 1 aliphatic heterocycles. The van der Waals surface area contributed by atoms with E-state index < -0.39 is 108 Å². The van der Waals surface area contributed by atoms with Crippen LogP contribution < -0.4 is 39.4 Å². The number of aromatic nitrogens is 2. The first-order valence-electron chi connectivity index (χ1n) is 18.8. The molecule has 22 nitrogen and oxygen atoms in total. The Balaban J connectivity index is 0.000000370. The van der Waals surface area contributed by atoms with Crippen LogP contribution in [0.3, 0.4) is 0 Å². The van der Waals surface area contributed by atoms with Crippen molar-refractivity contribution in [1.82, 2.24) is 20.0 Å². The Morgan fingerprint density at radius 1 is 1.00 bits per heavy atom. The van der Waals surface area contributed by atoms with Gasteiger partial charge in [0.1, 0.15) is 24.1 Å². The molecule has 1 saturated heterocycles. The van der Waals surface area contributed by atoms with Crippen molar-refractivity contribution in [3.05, 3.63) is 70.2 Å². The van der Waals surface area contributed by atoms with E-state index in [0.29, 0.717) is 27.4 Å². The van der Waals surface area contributed by atoms with Gasteiger partial charge in [0.2, 0.25) is 17.7 Å². The fourth-order valence-electron chi connectivity index (χ4n) is 5.10. The number of amides is 4. The first-order chi connectivity index (χ1) is 31.5. The minimum absolute atomic E-state index is 0.00962. The third-order valence-electron chi connectivity index (χ3n) is 7.61. The van der Waals surface area contributed by atoms with Gasteiger partial charge in [0.25, 0.3) is 10.0 Å². The zero-order valence-electron chi connectivity index (χ0n) is 36.0. The number of imide groups is 1. The lowest BCUT2D eigenvalue weighted by Crippen LogP contribution is -2.35. The number of cyclic esters (lactones) is 1. The standard InChI is InChI=1S/C17H17ClFNO4.C14H10F4N4O7S.C3H8NO5P.C3H9S/c1-9(2)15-16(21)20(17(22)24-15)13-8-14(11(18)7-12(13)19)23-10-5-3-4-6-10;15-11(16)28-8-5-9(29-12(17)18)20-13(19-8)21-14(25)22-30(26,27)7-4-2-1-3-6(7)10(23)24;5-3(6)1-4-2-10(7,8)9;1-4(2)3/h7-8,10H,3-6H2,1-2H3;1-5,11-12H,(H,23,24)(H2,19,20,21,22,25);4H,1-2H2,(H,5,6)(H2,7,8,9);1-3H3/q;;;+1/p-1. The highest BCUT2D eigenvalue weighted by Gasteiger charge is 2.40. The molecule has 1 unspecified atom stereocenters. The fraction of sp³-hybridized carbons (Fsp3) is 0.378. The Kier molecular flexibility index (Phi) is 22.8. The molecular formula is C37H43ClF5N6O16PS2. The number of carboxylic acids is 2. The highest BCUT2D eigenvalue weighted by Crippen LogP contribution is 2.37. The lowest BCUT2D eigenvalue weighted by atomic mass is 10.2. The van der Waals surface area contributed by atoms with Crippen molar-refractivity contribution < 1.29 is 97.9 Å². The maximum atomic E-state index is 14.3. The van der Waals surface area contributed by atoms with Crippen LogP contribution in [0.5, 0.6) is 17.5 Å². The molecule has 2 fully saturated rings. The van der Waals surface area contributed by atoms with E-state index in [2.05, 4.69) is 38.2 Å². The van der Waals surface area contributed by atoms with Crippen molar-refractivity contribution in [2.45, 2.75) is 63.8 Å². The van der Waals surface area contributed by atoms with Gasteiger partial charge in [0.15, 0.2) is 5.76 Å². The number of hydrogen-bond acceptors (Lipinski definition) is 16. The smallest absolute Gasteiger partial charge is 0.427 e. The third-order valence-corrected chi connectivity index (χ3v) is 9.92. The van der Waals surface area contributed by atoms with E-state index in [1.165, 1.54) is 22.9 Å². The molecule has 68 heavy (non-hydrogen) atoms. The molecule has 2 aliphatic rings. The lowest BCUT2D eigenvalue weighted by Gasteiger charge is -2.18. The van der Waals surface area contributed by atoms with Gasteiger partial charge in [0, 0.05) is 6.07 Å². The van der Waals surface area contributed by atoms with Crippen LogP contribution in [0.2, 0.25) is 5.02 Å². The summed E-state index contributed by atoms with van der Waals surface area (Å²) in [5, 5.41) is 20.8. The minimum Gasteiger partial charge on any atom is -0.778 e. The number of aliphatic carboxylic acids is 1. The molecule has 31 heteroatoms. The van der Waals surface area contributed by atoms with E-state index in [0.717, 1.165) is 43.9 Å². The van der Waals surface area contributed by atoms with E-state index in [1.54, 1.807) is 19.2 Å². The van der Waals surface area contributed by atoms with Crippen molar-refractivity contribution in [3.8, 4) is 17.5 Å². The molecule has 1 aromatic heterocycles. The van der Waals surface area contributed by atoms with Gasteiger partial charge in [-0.15, -0.1) is 0 Å². The number of rotatable bonds is 15. The van der Waals surface area contributed by atoms with Crippen LogP contribution in [-0.2, 0) is 39.8 Å². The van der Waals surface area contributed by atoms with E-state index >= 15 is 0 Å². The van der Waals surface area contributed by atoms with Gasteiger partial charge in [-0.25, -0.2) is 36.8 Å². The Morgan fingerprint density at radius 3 is 2.01 bits per heavy atom. The number of halogens is 6. The number of ether oxygens (including phenoxy) is 4. The Hall–Kier alpha value is -5.84. The number of nitrogens with one attached hydrogen (secondary N) is 3. The summed E-state index contributed by atoms with van der Waals surface area (Å²) in [6.45, 7) is -4.02. The van der Waals surface area contributed by atoms with Crippen LogP contribution in [0.1, 0.15) is 49.9 Å². The summed E-state index contributed by atoms with van der Waals surface area (Å²) >= 11 is 6.04. The number of carbonyl (C=O) groups is 5. The molecule has 1 aliphatic carbocycles. The Bertz CT molecular complexity index is 2450. The Morgan fingerprint density at radius 2 is 1.54 bits per heavy atom. The average molecular weight is 1050 g/mol. The van der Waals surface area contributed by atoms with Crippen LogP contribution in [-0.4, -0.2) is 114 Å². The molecular weight excluding hydrogens is 1010 g/mol. The van der Waals surface area contributed by atoms with Crippen molar-refractivity contribution in [3.63, 3.8) is 0 Å². The predicted molar refractivity (Wildman–Crippen MR) is 230 cm³/mol. The molecule has 5 rings (SSSR count). The average Bonchev–Trinajstić information content (AvgIpc) is 3.81. The summed E-state index contributed by atoms with van der Waals surface area (Å²) in [5.41, 5.74) is -0.333. The number of nitrogens with zero attached hydrogens (tertiary/aromatic N) is 3. The number of carbonyl (C=O) groups excluding carboxylic acids is 3. The first-order valence-corrected chi connectivity index (χ1v) is 24.9. The maximum absolute atomic E-state index is 14.3. The summed E-state index contributed by atoms with van der Waals surface area (Å²) in [6.07, 6.45) is 8.87. The van der Waals surface area contributed by atoms with Gasteiger partial charge in [-0.2, -0.15) is 27.5 Å². The largest absolute Gasteiger partial charge is 0.778 e. The van der Waals surface area contributed by atoms with E-state index in [-0.39, 0.29) is 28.3 Å². The second-order valence-electron chi connectivity index (χ2n) is 13.9. The van der Waals surface area contributed by atoms with Crippen molar-refractivity contribution in [1.29, 1.82) is 0 Å². The van der Waals surface area contributed by atoms with Crippen molar-refractivity contribution in [2.75, 3.05) is 41.8 Å². The lowest BCUT2D eigenvalue weighted by molar-refractivity contribution is -0.193. The summed E-state index contributed by atoms with van der Waals surface area (Å²) in [6, 6.07) is 5.55. The fourth-order valence-corrected chi connectivity index (χ4v) is 6.80. The van der Waals surface area contributed by atoms with E-state index in [9.17, 15) is 63.8 Å². The summed E-state index contributed by atoms with van der Waals surface area (Å²) < 4.78 is 118. The monoisotopic (exact) mass is 1050 g/mol. The highest BCUT2D eigenvalue weighted by molar-refractivity contribution is 7.94. The topological polar surface area (TPSA) is 322 Å². The quantitative estimate of drug-likeness (QED) is 0.0498. The molecule has 3 aromatic rings. The highest BCUT2D eigenvalue weighted by atomic mass is 35.5. The van der Waals surface area contributed by atoms with E-state index in [1.807, 2.05) is 5.32 Å². The molecule has 0 radical (unpaired) electrons. The molecule has 2 aromatic carbocycles. The molecule has 4 amide bonds. The van der Waals surface area contributed by atoms with Crippen LogP contribution in [0, 0.1) is 5.82 Å². The van der Waals surface area contributed by atoms with Gasteiger partial charge < -0.3 is 43.5 Å². The zero-order valence-corrected chi connectivity index (χ0v) is 39.3. The molecule has 1 atom stereocenters. The number of aromatic carboxylic acids is 1. The molecule has 0 spiro atoms. The van der Waals surface area contributed by atoms with Gasteiger partial charge >= 0.3 is 43.2 Å². The number of allylic oxidation sites excluding steroid dienone is 1. The summed E-state index contributed by atoms with van der Waals surface area (Å²) in [5.74, 6) is -6.96. The van der Waals surface area contributed by atoms with E-state index in [4.69, 9.17) is 36.2 Å². The second-order valence-corrected chi connectivity index (χ2v) is 20.0. The van der Waals surface area contributed by atoms with Crippen molar-refractivity contribution >= 4 is 81.7 Å². The van der Waals surface area contributed by atoms with Gasteiger partial charge in [-0.05, 0) is 74.2 Å². The van der Waals surface area contributed by atoms with Crippen LogP contribution in [0.25, 0.3) is 0 Å². The number of carboxylic acid groups (broad SMARTS) is 2. The SMILES string of the molecule is CC(C)=C1OC(=O)N(c2cc(OC3CCCC3)c(Cl)cc2F)C1=O.C[S+](C)C.O=C(Nc1nc(OC(F)F)cc(OC(F)F)n1)NS(=O)(=O)c1ccccc1C(=O)O.O=C(O)CNCP(=O)([O-])O. The molecule has 0 bridgehead atoms. The van der Waals surface area contributed by atoms with Gasteiger partial charge in [0.05, 0.1) is 60.0 Å². The van der Waals surface area contributed by atoms with Crippen LogP contribution in [0.15, 0.2) is 58.7 Å². The second kappa shape index (κ2) is 26.6. The molecule has 1 saturated carbocycles. The number of alkyl halides is 4. The third kappa shape index (κ3) is 20.2. The Labute approximate surface area is 391 Å². The minimum atomic E-state index is -4.71.